The molecule has 0 fully saturated rings. The molecule has 13 heavy (non-hydrogen) atoms. The molecule has 86 valence electrons. The third kappa shape index (κ3) is 600. The van der Waals surface area contributed by atoms with E-state index in [0.717, 1.165) is 0 Å². The fourth-order valence-corrected chi connectivity index (χ4v) is 0. The number of hydrogen-bond donors (Lipinski definition) is 1. The van der Waals surface area contributed by atoms with Crippen LogP contribution < -0.4 is 10.2 Å². The van der Waals surface area contributed by atoms with Crippen LogP contribution in [0.15, 0.2) is 0 Å². The molecule has 0 aliphatic heterocycles. The zero-order chi connectivity index (χ0) is 7.15. The maximum absolute atomic E-state index is 8.36. The Bertz CT molecular complexity index is 79.0. The fraction of sp³-hybridized carbons (Fsp3) is 0. The topological polar surface area (TPSA) is 261 Å². The van der Waals surface area contributed by atoms with Crippen molar-refractivity contribution in [3.05, 3.63) is 34.7 Å². The Morgan fingerprint density at radius 2 is 1.08 bits per heavy atom. The normalized spacial score (nSPS) is 3.69. The summed E-state index contributed by atoms with van der Waals surface area (Å²) < 4.78 is 0. The van der Waals surface area contributed by atoms with Crippen molar-refractivity contribution in [3.8, 4) is 0 Å². The van der Waals surface area contributed by atoms with Gasteiger partial charge in [-0.3, -0.25) is 0 Å². The quantitative estimate of drug-likeness (QED) is 0.455. The van der Waals surface area contributed by atoms with Gasteiger partial charge in [-0.1, -0.05) is 0 Å². The summed E-state index contributed by atoms with van der Waals surface area (Å²) in [7, 11) is 0. The first-order valence-corrected chi connectivity index (χ1v) is 1.18. The molecule has 0 aromatic heterocycles. The van der Waals surface area contributed by atoms with E-state index in [0.29, 0.717) is 0 Å². The number of nitrogens with zero attached hydrogens (tertiary/aromatic N) is 1. The zero-order valence-corrected chi connectivity index (χ0v) is 7.12. The maximum Gasteiger partial charge on any atom is 3.00 e. The smallest absolute Gasteiger partial charge is 0.693 e. The van der Waals surface area contributed by atoms with Crippen LogP contribution in [0.2, 0.25) is 0 Å². The number of carbonyl (C=O) groups excluding carboxylic acids is 1. The van der Waals surface area contributed by atoms with Crippen molar-refractivity contribution in [1.29, 1.82) is 0 Å². The third-order valence-electron chi connectivity index (χ3n) is 0. The van der Waals surface area contributed by atoms with Crippen LogP contribution >= 0.6 is 0 Å². The SMILES string of the molecule is O=C([O-])[O-].O=[N+]([O-])O.[Co+3].[NH2-].[NH2-].[NH2-].[NH2-]. The molecule has 0 radical (unpaired) electrons. The molecule has 12 heteroatoms. The summed E-state index contributed by atoms with van der Waals surface area (Å²) in [5.41, 5.74) is 0. The molecule has 0 atom stereocenters. The molecule has 0 rings (SSSR count). The van der Waals surface area contributed by atoms with Gasteiger partial charge in [-0.05, 0) is 6.16 Å². The average molecular weight is 246 g/mol. The number of carboxylic acid groups (broad SMARTS) is 2. The van der Waals surface area contributed by atoms with Crippen molar-refractivity contribution in [2.75, 3.05) is 0 Å². The van der Waals surface area contributed by atoms with Crippen LogP contribution in [0.25, 0.3) is 24.6 Å². The first-order valence-electron chi connectivity index (χ1n) is 1.18. The van der Waals surface area contributed by atoms with E-state index in [2.05, 4.69) is 0 Å². The summed E-state index contributed by atoms with van der Waals surface area (Å²) in [4.78, 5) is 16.7. The molecule has 0 heterocycles. The average Bonchev–Trinajstić information content (AvgIpc) is 1.25. The molecule has 0 bridgehead atoms. The van der Waals surface area contributed by atoms with Crippen molar-refractivity contribution in [2.45, 2.75) is 0 Å². The molecule has 0 aromatic rings. The van der Waals surface area contributed by atoms with Crippen LogP contribution in [0.1, 0.15) is 0 Å². The summed E-state index contributed by atoms with van der Waals surface area (Å²) in [6.45, 7) is 0. The van der Waals surface area contributed by atoms with Gasteiger partial charge in [0, 0.05) is 0 Å². The Hall–Kier alpha value is -1.18. The van der Waals surface area contributed by atoms with E-state index in [1.807, 2.05) is 0 Å². The van der Waals surface area contributed by atoms with E-state index < -0.39 is 11.2 Å². The van der Waals surface area contributed by atoms with Crippen LogP contribution in [0, 0.1) is 10.1 Å². The van der Waals surface area contributed by atoms with Crippen LogP contribution in [0.3, 0.4) is 0 Å². The van der Waals surface area contributed by atoms with Gasteiger partial charge in [-0.15, -0.1) is 10.1 Å². The Labute approximate surface area is 83.8 Å². The first kappa shape index (κ1) is 59.6. The molecule has 0 amide bonds. The van der Waals surface area contributed by atoms with E-state index in [1.54, 1.807) is 0 Å². The van der Waals surface area contributed by atoms with E-state index >= 15 is 0 Å². The number of rotatable bonds is 0. The molecule has 0 aliphatic carbocycles. The minimum Gasteiger partial charge on any atom is -0.693 e. The van der Waals surface area contributed by atoms with Crippen molar-refractivity contribution in [1.82, 2.24) is 0 Å². The van der Waals surface area contributed by atoms with Crippen LogP contribution in [0.5, 0.6) is 0 Å². The van der Waals surface area contributed by atoms with Gasteiger partial charge in [0.05, 0.1) is 0 Å². The Balaban J connectivity index is -0.00000000800. The van der Waals surface area contributed by atoms with Gasteiger partial charge in [0.25, 0.3) is 5.09 Å². The van der Waals surface area contributed by atoms with E-state index in [1.165, 1.54) is 0 Å². The largest absolute Gasteiger partial charge is 3.00 e. The van der Waals surface area contributed by atoms with Crippen molar-refractivity contribution in [2.24, 2.45) is 0 Å². The Morgan fingerprint density at radius 1 is 1.08 bits per heavy atom. The fourth-order valence-electron chi connectivity index (χ4n) is 0. The van der Waals surface area contributed by atoms with Crippen molar-refractivity contribution >= 4 is 6.16 Å². The minimum atomic E-state index is -2.33. The summed E-state index contributed by atoms with van der Waals surface area (Å²) in [6, 6.07) is 0. The zero-order valence-electron chi connectivity index (χ0n) is 6.08. The van der Waals surface area contributed by atoms with Gasteiger partial charge in [-0.25, -0.2) is 0 Å². The second kappa shape index (κ2) is 44.9. The molecule has 9 N–H and O–H groups in total. The molecule has 0 aliphatic rings. The standard InChI is InChI=1S/CH2O3.Co.HNO3.4H2N/c2-1(3)4;;2-1(3)4;;;;/h(H2,2,3,4);;(H,2,3,4);4*1H2/q;+3;;4*-1/p-2. The predicted molar refractivity (Wildman–Crippen MR) is 35.3 cm³/mol. The van der Waals surface area contributed by atoms with Gasteiger partial charge in [-0.2, -0.15) is 0 Å². The van der Waals surface area contributed by atoms with E-state index in [-0.39, 0.29) is 41.4 Å². The summed E-state index contributed by atoms with van der Waals surface area (Å²) >= 11 is 0. The second-order valence-corrected chi connectivity index (χ2v) is 0.488. The molecule has 11 nitrogen and oxygen atoms in total. The van der Waals surface area contributed by atoms with Crippen molar-refractivity contribution in [3.63, 3.8) is 0 Å². The maximum atomic E-state index is 8.36. The van der Waals surface area contributed by atoms with E-state index in [9.17, 15) is 0 Å². The Kier molecular flexibility index (Phi) is 206. The molecule has 0 spiro atoms. The predicted octanol–water partition coefficient (Wildman–Crippen LogP) is 0.0712. The van der Waals surface area contributed by atoms with Gasteiger partial charge in [0.2, 0.25) is 0 Å². The third-order valence-corrected chi connectivity index (χ3v) is 0. The van der Waals surface area contributed by atoms with Gasteiger partial charge in [0.15, 0.2) is 0 Å². The van der Waals surface area contributed by atoms with Gasteiger partial charge >= 0.3 is 16.8 Å². The first-order chi connectivity index (χ1) is 3.46. The Morgan fingerprint density at radius 3 is 1.08 bits per heavy atom. The van der Waals surface area contributed by atoms with Crippen molar-refractivity contribution < 1.29 is 42.1 Å². The van der Waals surface area contributed by atoms with Crippen LogP contribution in [0.4, 0.5) is 4.79 Å². The monoisotopic (exact) mass is 246 g/mol. The molecule has 0 unspecified atom stereocenters. The molecule has 0 saturated carbocycles. The van der Waals surface area contributed by atoms with E-state index in [4.69, 9.17) is 30.3 Å². The van der Waals surface area contributed by atoms with Gasteiger partial charge in [0.1, 0.15) is 0 Å². The van der Waals surface area contributed by atoms with Crippen LogP contribution in [-0.4, -0.2) is 16.4 Å². The molecular weight excluding hydrogens is 237 g/mol. The summed E-state index contributed by atoms with van der Waals surface area (Å²) in [5.74, 6) is 0. The molecular formula is CH9CoN5O6-3. The number of carbonyl (C=O) groups is 1. The summed E-state index contributed by atoms with van der Waals surface area (Å²) in [6.07, 6.45) is -2.33. The van der Waals surface area contributed by atoms with Crippen LogP contribution in [-0.2, 0) is 16.8 Å². The number of hydrogen-bond acceptors (Lipinski definition) is 5. The van der Waals surface area contributed by atoms with Gasteiger partial charge < -0.3 is 44.8 Å². The molecule has 0 saturated heterocycles. The molecule has 0 aromatic carbocycles. The summed E-state index contributed by atoms with van der Waals surface area (Å²) in [5, 5.41) is 30.3. The second-order valence-electron chi connectivity index (χ2n) is 0.488. The minimum absolute atomic E-state index is 0. The number of nitrogens with two attached hydrogens (primary N) is 4.